The zero-order chi connectivity index (χ0) is 12.7. The second-order valence-electron chi connectivity index (χ2n) is 5.17. The normalized spacial score (nSPS) is 25.4. The van der Waals surface area contributed by atoms with E-state index in [9.17, 15) is 9.59 Å². The predicted molar refractivity (Wildman–Crippen MR) is 65.6 cm³/mol. The standard InChI is InChI=1S/C14H15NO3/c16-13(15-8-9-1-6-12(15)7-9)10-2-4-11(5-3-10)14(17)18/h2-5,9,12H,1,6-8H2,(H,17,18). The number of hydrogen-bond acceptors (Lipinski definition) is 2. The van der Waals surface area contributed by atoms with Crippen molar-refractivity contribution in [2.75, 3.05) is 6.54 Å². The summed E-state index contributed by atoms with van der Waals surface area (Å²) in [5.74, 6) is -0.245. The van der Waals surface area contributed by atoms with Crippen molar-refractivity contribution in [2.45, 2.75) is 25.3 Å². The Morgan fingerprint density at radius 1 is 1.11 bits per heavy atom. The number of piperidine rings is 1. The molecule has 3 rings (SSSR count). The molecule has 0 radical (unpaired) electrons. The van der Waals surface area contributed by atoms with Crippen LogP contribution in [0.2, 0.25) is 0 Å². The first-order valence-corrected chi connectivity index (χ1v) is 6.29. The van der Waals surface area contributed by atoms with Crippen molar-refractivity contribution in [2.24, 2.45) is 5.92 Å². The summed E-state index contributed by atoms with van der Waals surface area (Å²) in [4.78, 5) is 25.0. The zero-order valence-electron chi connectivity index (χ0n) is 10.0. The molecular formula is C14H15NO3. The van der Waals surface area contributed by atoms with Crippen molar-refractivity contribution in [1.82, 2.24) is 4.90 Å². The van der Waals surface area contributed by atoms with Gasteiger partial charge in [-0.1, -0.05) is 0 Å². The van der Waals surface area contributed by atoms with Crippen molar-refractivity contribution in [3.63, 3.8) is 0 Å². The molecule has 4 heteroatoms. The molecule has 1 heterocycles. The Balaban J connectivity index is 1.78. The van der Waals surface area contributed by atoms with Gasteiger partial charge in [-0.25, -0.2) is 4.79 Å². The lowest BCUT2D eigenvalue weighted by atomic mass is 10.1. The molecule has 1 amide bonds. The Bertz CT molecular complexity index is 494. The molecule has 1 N–H and O–H groups in total. The van der Waals surface area contributed by atoms with E-state index in [1.807, 2.05) is 4.90 Å². The fraction of sp³-hybridized carbons (Fsp3) is 0.429. The van der Waals surface area contributed by atoms with Gasteiger partial charge in [-0.3, -0.25) is 4.79 Å². The Hall–Kier alpha value is -1.84. The van der Waals surface area contributed by atoms with Crippen LogP contribution in [-0.4, -0.2) is 34.5 Å². The van der Waals surface area contributed by atoms with Crippen molar-refractivity contribution in [3.8, 4) is 0 Å². The lowest BCUT2D eigenvalue weighted by Gasteiger charge is -2.27. The number of carboxylic acid groups (broad SMARTS) is 1. The largest absolute Gasteiger partial charge is 0.478 e. The van der Waals surface area contributed by atoms with Crippen molar-refractivity contribution in [3.05, 3.63) is 35.4 Å². The van der Waals surface area contributed by atoms with Crippen molar-refractivity contribution >= 4 is 11.9 Å². The van der Waals surface area contributed by atoms with Gasteiger partial charge in [0.05, 0.1) is 5.56 Å². The summed E-state index contributed by atoms with van der Waals surface area (Å²) < 4.78 is 0. The number of fused-ring (bicyclic) bond motifs is 2. The molecule has 2 bridgehead atoms. The second-order valence-corrected chi connectivity index (χ2v) is 5.17. The number of aromatic carboxylic acids is 1. The summed E-state index contributed by atoms with van der Waals surface area (Å²) in [6.45, 7) is 0.865. The highest BCUT2D eigenvalue weighted by atomic mass is 16.4. The zero-order valence-corrected chi connectivity index (χ0v) is 10.0. The van der Waals surface area contributed by atoms with Gasteiger partial charge in [-0.2, -0.15) is 0 Å². The van der Waals surface area contributed by atoms with Gasteiger partial charge in [0.2, 0.25) is 0 Å². The number of hydrogen-bond donors (Lipinski definition) is 1. The smallest absolute Gasteiger partial charge is 0.335 e. The summed E-state index contributed by atoms with van der Waals surface area (Å²) >= 11 is 0. The van der Waals surface area contributed by atoms with E-state index >= 15 is 0 Å². The monoisotopic (exact) mass is 245 g/mol. The lowest BCUT2D eigenvalue weighted by molar-refractivity contribution is 0.0686. The molecule has 18 heavy (non-hydrogen) atoms. The van der Waals surface area contributed by atoms with Gasteiger partial charge >= 0.3 is 5.97 Å². The van der Waals surface area contributed by atoms with Crippen molar-refractivity contribution < 1.29 is 14.7 Å². The van der Waals surface area contributed by atoms with Gasteiger partial charge in [0.25, 0.3) is 5.91 Å². The maximum Gasteiger partial charge on any atom is 0.335 e. The van der Waals surface area contributed by atoms with Gasteiger partial charge in [-0.15, -0.1) is 0 Å². The summed E-state index contributed by atoms with van der Waals surface area (Å²) in [5, 5.41) is 8.82. The van der Waals surface area contributed by atoms with E-state index in [1.165, 1.54) is 18.6 Å². The molecule has 1 saturated heterocycles. The van der Waals surface area contributed by atoms with Gasteiger partial charge in [0.15, 0.2) is 0 Å². The second kappa shape index (κ2) is 4.12. The maximum absolute atomic E-state index is 12.3. The number of carboxylic acids is 1. The molecule has 1 aromatic carbocycles. The number of carbonyl (C=O) groups is 2. The molecule has 0 spiro atoms. The third-order valence-electron chi connectivity index (χ3n) is 4.05. The fourth-order valence-corrected chi connectivity index (χ4v) is 3.09. The van der Waals surface area contributed by atoms with Crippen LogP contribution in [0.25, 0.3) is 0 Å². The first-order valence-electron chi connectivity index (χ1n) is 6.29. The molecule has 2 atom stereocenters. The minimum atomic E-state index is -0.964. The van der Waals surface area contributed by atoms with Crippen LogP contribution >= 0.6 is 0 Å². The number of likely N-dealkylation sites (tertiary alicyclic amines) is 1. The molecule has 1 aromatic rings. The van der Waals surface area contributed by atoms with E-state index in [2.05, 4.69) is 0 Å². The molecule has 94 valence electrons. The molecule has 4 nitrogen and oxygen atoms in total. The van der Waals surface area contributed by atoms with E-state index in [-0.39, 0.29) is 11.5 Å². The summed E-state index contributed by atoms with van der Waals surface area (Å²) in [6.07, 6.45) is 3.50. The summed E-state index contributed by atoms with van der Waals surface area (Å²) in [5.41, 5.74) is 0.807. The van der Waals surface area contributed by atoms with Crippen LogP contribution < -0.4 is 0 Å². The van der Waals surface area contributed by atoms with Crippen LogP contribution in [-0.2, 0) is 0 Å². The topological polar surface area (TPSA) is 57.6 Å². The third-order valence-corrected chi connectivity index (χ3v) is 4.05. The van der Waals surface area contributed by atoms with Crippen molar-refractivity contribution in [1.29, 1.82) is 0 Å². The maximum atomic E-state index is 12.3. The number of carbonyl (C=O) groups excluding carboxylic acids is 1. The van der Waals surface area contributed by atoms with Crippen LogP contribution in [0.3, 0.4) is 0 Å². The highest BCUT2D eigenvalue weighted by Gasteiger charge is 2.40. The number of benzene rings is 1. The average Bonchev–Trinajstić information content (AvgIpc) is 3.00. The Labute approximate surface area is 105 Å². The Morgan fingerprint density at radius 2 is 1.78 bits per heavy atom. The first kappa shape index (κ1) is 11.3. The van der Waals surface area contributed by atoms with Crippen LogP contribution in [0.5, 0.6) is 0 Å². The number of amides is 1. The number of nitrogens with zero attached hydrogens (tertiary/aromatic N) is 1. The molecule has 2 fully saturated rings. The van der Waals surface area contributed by atoms with E-state index in [4.69, 9.17) is 5.11 Å². The molecule has 0 aromatic heterocycles. The average molecular weight is 245 g/mol. The minimum absolute atomic E-state index is 0.0409. The Morgan fingerprint density at radius 3 is 2.28 bits per heavy atom. The van der Waals surface area contributed by atoms with Gasteiger partial charge < -0.3 is 10.0 Å². The van der Waals surface area contributed by atoms with E-state index in [1.54, 1.807) is 12.1 Å². The quantitative estimate of drug-likeness (QED) is 0.867. The Kier molecular flexibility index (Phi) is 2.58. The molecule has 2 unspecified atom stereocenters. The molecule has 1 saturated carbocycles. The third kappa shape index (κ3) is 1.78. The van der Waals surface area contributed by atoms with Crippen LogP contribution in [0.1, 0.15) is 40.0 Å². The first-order chi connectivity index (χ1) is 8.65. The van der Waals surface area contributed by atoms with E-state index in [0.29, 0.717) is 17.5 Å². The van der Waals surface area contributed by atoms with Crippen LogP contribution in [0.4, 0.5) is 0 Å². The molecule has 1 aliphatic heterocycles. The SMILES string of the molecule is O=C(O)c1ccc(C(=O)N2CC3CCC2C3)cc1. The summed E-state index contributed by atoms with van der Waals surface area (Å²) in [6, 6.07) is 6.60. The predicted octanol–water partition coefficient (Wildman–Crippen LogP) is 2.01. The van der Waals surface area contributed by atoms with Gasteiger partial charge in [0, 0.05) is 18.2 Å². The fourth-order valence-electron chi connectivity index (χ4n) is 3.09. The highest BCUT2D eigenvalue weighted by Crippen LogP contribution is 2.38. The van der Waals surface area contributed by atoms with Crippen LogP contribution in [0.15, 0.2) is 24.3 Å². The van der Waals surface area contributed by atoms with E-state index in [0.717, 1.165) is 19.4 Å². The van der Waals surface area contributed by atoms with Gasteiger partial charge in [0.1, 0.15) is 0 Å². The molecular weight excluding hydrogens is 230 g/mol. The minimum Gasteiger partial charge on any atom is -0.478 e. The lowest BCUT2D eigenvalue weighted by Crippen LogP contribution is -2.37. The van der Waals surface area contributed by atoms with Gasteiger partial charge in [-0.05, 0) is 49.4 Å². The van der Waals surface area contributed by atoms with Crippen LogP contribution in [0, 0.1) is 5.92 Å². The summed E-state index contributed by atoms with van der Waals surface area (Å²) in [7, 11) is 0. The highest BCUT2D eigenvalue weighted by molar-refractivity contribution is 5.96. The number of rotatable bonds is 2. The van der Waals surface area contributed by atoms with E-state index < -0.39 is 5.97 Å². The molecule has 2 aliphatic rings. The molecule has 1 aliphatic carbocycles.